The predicted molar refractivity (Wildman–Crippen MR) is 97.1 cm³/mol. The molecular weight excluding hydrogens is 338 g/mol. The average Bonchev–Trinajstić information content (AvgIpc) is 3.01. The highest BCUT2D eigenvalue weighted by atomic mass is 16.4. The van der Waals surface area contributed by atoms with Gasteiger partial charge in [-0.3, -0.25) is 4.79 Å². The lowest BCUT2D eigenvalue weighted by atomic mass is 10.1. The third-order valence-corrected chi connectivity index (χ3v) is 3.75. The molecule has 8 N–H and O–H groups in total. The molecule has 1 unspecified atom stereocenters. The summed E-state index contributed by atoms with van der Waals surface area (Å²) in [7, 11) is 0. The largest absolute Gasteiger partial charge is 0.506 e. The van der Waals surface area contributed by atoms with Crippen molar-refractivity contribution in [1.29, 1.82) is 0 Å². The van der Waals surface area contributed by atoms with Crippen molar-refractivity contribution in [3.8, 4) is 5.75 Å². The lowest BCUT2D eigenvalue weighted by Crippen LogP contribution is -2.32. The van der Waals surface area contributed by atoms with Crippen molar-refractivity contribution in [1.82, 2.24) is 4.98 Å². The third-order valence-electron chi connectivity index (χ3n) is 3.75. The van der Waals surface area contributed by atoms with Crippen LogP contribution in [0.5, 0.6) is 5.75 Å². The maximum absolute atomic E-state index is 10.6. The highest BCUT2D eigenvalue weighted by Gasteiger charge is 2.14. The Morgan fingerprint density at radius 1 is 1.08 bits per heavy atom. The fourth-order valence-electron chi connectivity index (χ4n) is 2.36. The minimum atomic E-state index is -1.14. The number of aliphatic carboxylic acids is 1. The van der Waals surface area contributed by atoms with Crippen LogP contribution in [0.4, 0.5) is 5.69 Å². The number of carboxylic acids is 2. The number of carboxylic acid groups (broad SMARTS) is 2. The molecule has 0 radical (unpaired) electrons. The Hall–Kier alpha value is -3.52. The molecule has 0 saturated carbocycles. The van der Waals surface area contributed by atoms with Gasteiger partial charge in [0.15, 0.2) is 0 Å². The van der Waals surface area contributed by atoms with Crippen molar-refractivity contribution >= 4 is 28.5 Å². The van der Waals surface area contributed by atoms with Crippen LogP contribution in [0.2, 0.25) is 0 Å². The summed E-state index contributed by atoms with van der Waals surface area (Å²) in [6.45, 7) is 0. The Morgan fingerprint density at radius 2 is 1.77 bits per heavy atom. The summed E-state index contributed by atoms with van der Waals surface area (Å²) in [5.41, 5.74) is 12.5. The van der Waals surface area contributed by atoms with Gasteiger partial charge in [0.05, 0.1) is 11.3 Å². The number of rotatable bonds is 4. The Labute approximate surface area is 148 Å². The number of aromatic hydroxyl groups is 1. The number of hydrogen-bond donors (Lipinski definition) is 6. The maximum Gasteiger partial charge on any atom is 0.337 e. The number of nitrogen functional groups attached to an aromatic ring is 1. The SMILES string of the molecule is NC(Cc1c[nH]c2ccccc12)C(=O)O.Nc1c(O)cccc1C(=O)O. The van der Waals surface area contributed by atoms with Crippen molar-refractivity contribution in [3.05, 3.63) is 59.8 Å². The number of phenolic OH excluding ortho intramolecular Hbond substituents is 1. The van der Waals surface area contributed by atoms with Gasteiger partial charge in [-0.25, -0.2) is 4.79 Å². The van der Waals surface area contributed by atoms with E-state index in [1.54, 1.807) is 0 Å². The molecule has 3 aromatic rings. The zero-order chi connectivity index (χ0) is 19.3. The molecule has 3 rings (SSSR count). The van der Waals surface area contributed by atoms with E-state index >= 15 is 0 Å². The second-order valence-electron chi connectivity index (χ2n) is 5.55. The lowest BCUT2D eigenvalue weighted by Gasteiger charge is -2.04. The van der Waals surface area contributed by atoms with Gasteiger partial charge >= 0.3 is 11.9 Å². The molecule has 1 atom stereocenters. The Morgan fingerprint density at radius 3 is 2.38 bits per heavy atom. The van der Waals surface area contributed by atoms with E-state index in [1.165, 1.54) is 18.2 Å². The summed E-state index contributed by atoms with van der Waals surface area (Å²) >= 11 is 0. The molecule has 136 valence electrons. The molecular formula is C18H19N3O5. The van der Waals surface area contributed by atoms with Gasteiger partial charge in [-0.1, -0.05) is 24.3 Å². The van der Waals surface area contributed by atoms with Gasteiger partial charge in [-0.05, 0) is 23.8 Å². The van der Waals surface area contributed by atoms with Crippen molar-refractivity contribution < 1.29 is 24.9 Å². The van der Waals surface area contributed by atoms with Crippen molar-refractivity contribution in [3.63, 3.8) is 0 Å². The fraction of sp³-hybridized carbons (Fsp3) is 0.111. The summed E-state index contributed by atoms with van der Waals surface area (Å²) in [5, 5.41) is 27.2. The number of benzene rings is 2. The van der Waals surface area contributed by atoms with Crippen molar-refractivity contribution in [2.24, 2.45) is 5.73 Å². The Balaban J connectivity index is 0.000000197. The van der Waals surface area contributed by atoms with E-state index in [-0.39, 0.29) is 17.0 Å². The number of fused-ring (bicyclic) bond motifs is 1. The number of H-pyrrole nitrogens is 1. The minimum absolute atomic E-state index is 0.0787. The Kier molecular flexibility index (Phi) is 5.82. The summed E-state index contributed by atoms with van der Waals surface area (Å²) in [5.74, 6) is -2.32. The highest BCUT2D eigenvalue weighted by Crippen LogP contribution is 2.23. The van der Waals surface area contributed by atoms with Crippen LogP contribution in [0.1, 0.15) is 15.9 Å². The number of phenols is 1. The summed E-state index contributed by atoms with van der Waals surface area (Å²) in [6.07, 6.45) is 2.16. The molecule has 8 heteroatoms. The molecule has 8 nitrogen and oxygen atoms in total. The van der Waals surface area contributed by atoms with Crippen LogP contribution in [0.3, 0.4) is 0 Å². The zero-order valence-electron chi connectivity index (χ0n) is 13.7. The third kappa shape index (κ3) is 4.31. The van der Waals surface area contributed by atoms with Crippen LogP contribution < -0.4 is 11.5 Å². The number of para-hydroxylation sites is 2. The van der Waals surface area contributed by atoms with Crippen molar-refractivity contribution in [2.45, 2.75) is 12.5 Å². The van der Waals surface area contributed by atoms with E-state index in [0.29, 0.717) is 6.42 Å². The summed E-state index contributed by atoms with van der Waals surface area (Å²) in [4.78, 5) is 24.1. The standard InChI is InChI=1S/C11H12N2O2.C7H7NO3/c12-9(11(14)15)5-7-6-13-10-4-2-1-3-8(7)10;8-6-4(7(10)11)2-1-3-5(6)9/h1-4,6,9,13H,5,12H2,(H,14,15);1-3,9H,8H2,(H,10,11). The molecule has 0 aliphatic heterocycles. The molecule has 1 aromatic heterocycles. The molecule has 26 heavy (non-hydrogen) atoms. The van der Waals surface area contributed by atoms with Gasteiger partial charge in [0, 0.05) is 23.5 Å². The molecule has 0 spiro atoms. The smallest absolute Gasteiger partial charge is 0.337 e. The highest BCUT2D eigenvalue weighted by molar-refractivity contribution is 5.95. The topological polar surface area (TPSA) is 163 Å². The second kappa shape index (κ2) is 8.04. The van der Waals surface area contributed by atoms with Gasteiger partial charge in [-0.2, -0.15) is 0 Å². The quantitative estimate of drug-likeness (QED) is 0.306. The van der Waals surface area contributed by atoms with Gasteiger partial charge < -0.3 is 31.8 Å². The predicted octanol–water partition coefficient (Wildman–Crippen LogP) is 1.79. The van der Waals surface area contributed by atoms with E-state index in [9.17, 15) is 9.59 Å². The van der Waals surface area contributed by atoms with Gasteiger partial charge in [-0.15, -0.1) is 0 Å². The monoisotopic (exact) mass is 357 g/mol. The van der Waals surface area contributed by atoms with Gasteiger partial charge in [0.25, 0.3) is 0 Å². The van der Waals surface area contributed by atoms with Crippen LogP contribution in [0.15, 0.2) is 48.7 Å². The van der Waals surface area contributed by atoms with Crippen LogP contribution in [-0.2, 0) is 11.2 Å². The van der Waals surface area contributed by atoms with Gasteiger partial charge in [0.1, 0.15) is 11.8 Å². The zero-order valence-corrected chi connectivity index (χ0v) is 13.7. The van der Waals surface area contributed by atoms with Crippen LogP contribution >= 0.6 is 0 Å². The molecule has 0 aliphatic carbocycles. The van der Waals surface area contributed by atoms with E-state index in [1.807, 2.05) is 30.5 Å². The molecule has 0 bridgehead atoms. The Bertz CT molecular complexity index is 935. The van der Waals surface area contributed by atoms with E-state index < -0.39 is 18.0 Å². The normalized spacial score (nSPS) is 11.4. The number of carbonyl (C=O) groups is 2. The summed E-state index contributed by atoms with van der Waals surface area (Å²) < 4.78 is 0. The molecule has 0 aliphatic rings. The first-order chi connectivity index (χ1) is 12.3. The first kappa shape index (κ1) is 18.8. The fourth-order valence-corrected chi connectivity index (χ4v) is 2.36. The van der Waals surface area contributed by atoms with Crippen LogP contribution in [-0.4, -0.2) is 38.3 Å². The number of aromatic amines is 1. The first-order valence-corrected chi connectivity index (χ1v) is 7.65. The van der Waals surface area contributed by atoms with E-state index in [2.05, 4.69) is 4.98 Å². The molecule has 0 amide bonds. The van der Waals surface area contributed by atoms with E-state index in [4.69, 9.17) is 26.8 Å². The average molecular weight is 357 g/mol. The van der Waals surface area contributed by atoms with Crippen LogP contribution in [0, 0.1) is 0 Å². The molecule has 0 saturated heterocycles. The summed E-state index contributed by atoms with van der Waals surface area (Å²) in [6, 6.07) is 11.0. The lowest BCUT2D eigenvalue weighted by molar-refractivity contribution is -0.138. The first-order valence-electron chi connectivity index (χ1n) is 7.65. The van der Waals surface area contributed by atoms with Crippen LogP contribution in [0.25, 0.3) is 10.9 Å². The molecule has 0 fully saturated rings. The van der Waals surface area contributed by atoms with Gasteiger partial charge in [0.2, 0.25) is 0 Å². The molecule has 2 aromatic carbocycles. The number of anilines is 1. The number of nitrogens with one attached hydrogen (secondary N) is 1. The number of hydrogen-bond acceptors (Lipinski definition) is 5. The number of nitrogens with two attached hydrogens (primary N) is 2. The minimum Gasteiger partial charge on any atom is -0.506 e. The number of aromatic nitrogens is 1. The van der Waals surface area contributed by atoms with E-state index in [0.717, 1.165) is 16.5 Å². The number of aromatic carboxylic acids is 1. The maximum atomic E-state index is 10.6. The molecule has 1 heterocycles. The second-order valence-corrected chi connectivity index (χ2v) is 5.55. The van der Waals surface area contributed by atoms with Crippen molar-refractivity contribution in [2.75, 3.05) is 5.73 Å².